The number of alkyl halides is 1. The second-order valence-electron chi connectivity index (χ2n) is 3.67. The molecule has 16 heavy (non-hydrogen) atoms. The minimum atomic E-state index is -0.00648. The van der Waals surface area contributed by atoms with Gasteiger partial charge in [-0.2, -0.15) is 0 Å². The number of ketones is 1. The summed E-state index contributed by atoms with van der Waals surface area (Å²) in [7, 11) is 0. The summed E-state index contributed by atoms with van der Waals surface area (Å²) in [5, 5.41) is 0.453. The largest absolute Gasteiger partial charge is 0.489 e. The number of hydrogen-bond acceptors (Lipinski definition) is 2. The normalized spacial score (nSPS) is 10.6. The van der Waals surface area contributed by atoms with Crippen LogP contribution in [0.2, 0.25) is 5.02 Å². The van der Waals surface area contributed by atoms with Gasteiger partial charge < -0.3 is 4.74 Å². The minimum absolute atomic E-state index is 0.00648. The number of benzene rings is 1. The Morgan fingerprint density at radius 2 is 2.12 bits per heavy atom. The topological polar surface area (TPSA) is 26.3 Å². The summed E-state index contributed by atoms with van der Waals surface area (Å²) in [6.07, 6.45) is 0.379. The van der Waals surface area contributed by atoms with Crippen molar-refractivity contribution in [2.45, 2.75) is 26.4 Å². The van der Waals surface area contributed by atoms with Crippen LogP contribution in [-0.4, -0.2) is 17.8 Å². The molecule has 0 saturated carbocycles. The molecule has 0 radical (unpaired) electrons. The van der Waals surface area contributed by atoms with Gasteiger partial charge in [0.25, 0.3) is 0 Å². The van der Waals surface area contributed by atoms with E-state index in [9.17, 15) is 4.79 Å². The van der Waals surface area contributed by atoms with Crippen molar-refractivity contribution in [2.75, 3.05) is 5.88 Å². The number of hydrogen-bond donors (Lipinski definition) is 0. The Balaban J connectivity index is 2.86. The molecular weight excluding hydrogens is 247 g/mol. The predicted molar refractivity (Wildman–Crippen MR) is 66.9 cm³/mol. The number of carbonyl (C=O) groups is 1. The highest BCUT2D eigenvalue weighted by Gasteiger charge is 2.09. The molecule has 0 unspecified atom stereocenters. The lowest BCUT2D eigenvalue weighted by molar-refractivity contribution is 0.0989. The summed E-state index contributed by atoms with van der Waals surface area (Å²) in [5.41, 5.74) is 0.571. The first-order chi connectivity index (χ1) is 7.54. The van der Waals surface area contributed by atoms with E-state index in [0.29, 0.717) is 28.6 Å². The molecule has 88 valence electrons. The van der Waals surface area contributed by atoms with Crippen molar-refractivity contribution >= 4 is 29.0 Å². The summed E-state index contributed by atoms with van der Waals surface area (Å²) < 4.78 is 5.47. The quantitative estimate of drug-likeness (QED) is 0.592. The molecule has 0 aliphatic carbocycles. The molecule has 1 aromatic rings. The maximum atomic E-state index is 11.5. The van der Waals surface area contributed by atoms with Crippen molar-refractivity contribution in [1.82, 2.24) is 0 Å². The minimum Gasteiger partial charge on any atom is -0.489 e. The molecule has 0 amide bonds. The summed E-state index contributed by atoms with van der Waals surface area (Å²) in [6.45, 7) is 3.84. The Morgan fingerprint density at radius 1 is 1.44 bits per heavy atom. The maximum absolute atomic E-state index is 11.5. The lowest BCUT2D eigenvalue weighted by Crippen LogP contribution is -2.06. The fourth-order valence-electron chi connectivity index (χ4n) is 1.25. The van der Waals surface area contributed by atoms with E-state index in [0.717, 1.165) is 0 Å². The second-order valence-corrected chi connectivity index (χ2v) is 4.46. The SMILES string of the molecule is CC(C)Oc1ccc(C(=O)CCCl)cc1Cl. The standard InChI is InChI=1S/C12H14Cl2O2/c1-8(2)16-12-4-3-9(7-10(12)14)11(15)5-6-13/h3-4,7-8H,5-6H2,1-2H3. The van der Waals surface area contributed by atoms with Gasteiger partial charge >= 0.3 is 0 Å². The highest BCUT2D eigenvalue weighted by atomic mass is 35.5. The first-order valence-corrected chi connectivity index (χ1v) is 6.01. The molecular formula is C12H14Cl2O2. The fraction of sp³-hybridized carbons (Fsp3) is 0.417. The fourth-order valence-corrected chi connectivity index (χ4v) is 1.65. The van der Waals surface area contributed by atoms with E-state index in [2.05, 4.69) is 0 Å². The van der Waals surface area contributed by atoms with Gasteiger partial charge in [-0.25, -0.2) is 0 Å². The van der Waals surface area contributed by atoms with E-state index in [1.807, 2.05) is 13.8 Å². The average molecular weight is 261 g/mol. The van der Waals surface area contributed by atoms with Crippen LogP contribution in [0.3, 0.4) is 0 Å². The van der Waals surface area contributed by atoms with Gasteiger partial charge in [0.2, 0.25) is 0 Å². The monoisotopic (exact) mass is 260 g/mol. The van der Waals surface area contributed by atoms with Crippen LogP contribution in [0.25, 0.3) is 0 Å². The Morgan fingerprint density at radius 3 is 2.62 bits per heavy atom. The molecule has 2 nitrogen and oxygen atoms in total. The second kappa shape index (κ2) is 6.12. The molecule has 1 rings (SSSR count). The van der Waals surface area contributed by atoms with Crippen LogP contribution in [0.5, 0.6) is 5.75 Å². The van der Waals surface area contributed by atoms with Crippen LogP contribution in [0, 0.1) is 0 Å². The predicted octanol–water partition coefficient (Wildman–Crippen LogP) is 3.94. The van der Waals surface area contributed by atoms with E-state index in [4.69, 9.17) is 27.9 Å². The zero-order valence-corrected chi connectivity index (χ0v) is 10.8. The number of Topliss-reactive ketones (excluding diaryl/α,β-unsaturated/α-hetero) is 1. The zero-order valence-electron chi connectivity index (χ0n) is 9.30. The maximum Gasteiger partial charge on any atom is 0.164 e. The highest BCUT2D eigenvalue weighted by Crippen LogP contribution is 2.26. The van der Waals surface area contributed by atoms with Gasteiger partial charge in [0.05, 0.1) is 11.1 Å². The number of carbonyl (C=O) groups excluding carboxylic acids is 1. The van der Waals surface area contributed by atoms with Crippen LogP contribution in [-0.2, 0) is 0 Å². The molecule has 1 aromatic carbocycles. The van der Waals surface area contributed by atoms with Gasteiger partial charge in [-0.15, -0.1) is 11.6 Å². The summed E-state index contributed by atoms with van der Waals surface area (Å²) in [6, 6.07) is 5.04. The first-order valence-electron chi connectivity index (χ1n) is 5.10. The van der Waals surface area contributed by atoms with Gasteiger partial charge in [0, 0.05) is 17.9 Å². The van der Waals surface area contributed by atoms with E-state index in [-0.39, 0.29) is 11.9 Å². The Bertz CT molecular complexity index is 375. The summed E-state index contributed by atoms with van der Waals surface area (Å²) in [5.74, 6) is 0.910. The third-order valence-corrected chi connectivity index (χ3v) is 2.42. The third kappa shape index (κ3) is 3.69. The van der Waals surface area contributed by atoms with Crippen LogP contribution in [0.15, 0.2) is 18.2 Å². The van der Waals surface area contributed by atoms with Crippen LogP contribution >= 0.6 is 23.2 Å². The molecule has 0 N–H and O–H groups in total. The van der Waals surface area contributed by atoms with E-state index in [1.54, 1.807) is 18.2 Å². The Labute approximate surface area is 106 Å². The summed E-state index contributed by atoms with van der Waals surface area (Å²) in [4.78, 5) is 11.5. The molecule has 0 heterocycles. The number of rotatable bonds is 5. The van der Waals surface area contributed by atoms with Crippen molar-refractivity contribution in [2.24, 2.45) is 0 Å². The van der Waals surface area contributed by atoms with Crippen LogP contribution < -0.4 is 4.74 Å². The van der Waals surface area contributed by atoms with E-state index < -0.39 is 0 Å². The van der Waals surface area contributed by atoms with E-state index >= 15 is 0 Å². The zero-order chi connectivity index (χ0) is 12.1. The molecule has 4 heteroatoms. The van der Waals surface area contributed by atoms with Gasteiger partial charge in [0.15, 0.2) is 5.78 Å². The molecule has 0 fully saturated rings. The molecule has 0 aliphatic heterocycles. The molecule has 0 aromatic heterocycles. The first kappa shape index (κ1) is 13.3. The van der Waals surface area contributed by atoms with E-state index in [1.165, 1.54) is 0 Å². The number of halogens is 2. The van der Waals surface area contributed by atoms with Crippen molar-refractivity contribution in [1.29, 1.82) is 0 Å². The smallest absolute Gasteiger partial charge is 0.164 e. The lowest BCUT2D eigenvalue weighted by atomic mass is 10.1. The highest BCUT2D eigenvalue weighted by molar-refractivity contribution is 6.32. The third-order valence-electron chi connectivity index (χ3n) is 1.94. The van der Waals surface area contributed by atoms with Gasteiger partial charge in [-0.05, 0) is 32.0 Å². The molecule has 0 aliphatic rings. The Kier molecular flexibility index (Phi) is 5.10. The lowest BCUT2D eigenvalue weighted by Gasteiger charge is -2.11. The molecule has 0 saturated heterocycles. The Hall–Kier alpha value is -0.730. The van der Waals surface area contributed by atoms with Crippen LogP contribution in [0.4, 0.5) is 0 Å². The number of ether oxygens (including phenoxy) is 1. The molecule has 0 atom stereocenters. The van der Waals surface area contributed by atoms with Crippen molar-refractivity contribution in [3.05, 3.63) is 28.8 Å². The van der Waals surface area contributed by atoms with Crippen molar-refractivity contribution in [3.63, 3.8) is 0 Å². The average Bonchev–Trinajstić information content (AvgIpc) is 2.20. The van der Waals surface area contributed by atoms with Gasteiger partial charge in [-0.1, -0.05) is 11.6 Å². The van der Waals surface area contributed by atoms with Crippen molar-refractivity contribution in [3.8, 4) is 5.75 Å². The van der Waals surface area contributed by atoms with Gasteiger partial charge in [-0.3, -0.25) is 4.79 Å². The molecule has 0 bridgehead atoms. The van der Waals surface area contributed by atoms with Gasteiger partial charge in [0.1, 0.15) is 5.75 Å². The van der Waals surface area contributed by atoms with Crippen LogP contribution in [0.1, 0.15) is 30.6 Å². The van der Waals surface area contributed by atoms with Crippen molar-refractivity contribution < 1.29 is 9.53 Å². The summed E-state index contributed by atoms with van der Waals surface area (Å²) >= 11 is 11.5. The molecule has 0 spiro atoms.